The zero-order chi connectivity index (χ0) is 14.0. The van der Waals surface area contributed by atoms with E-state index < -0.39 is 5.97 Å². The lowest BCUT2D eigenvalue weighted by atomic mass is 10.2. The Bertz CT molecular complexity index is 594. The number of hydrogen-bond donors (Lipinski definition) is 1. The molecule has 0 amide bonds. The zero-order valence-electron chi connectivity index (χ0n) is 10.5. The van der Waals surface area contributed by atoms with Gasteiger partial charge in [-0.1, -0.05) is 0 Å². The van der Waals surface area contributed by atoms with Crippen molar-refractivity contribution < 1.29 is 14.3 Å². The predicted octanol–water partition coefficient (Wildman–Crippen LogP) is 1.14. The van der Waals surface area contributed by atoms with Crippen LogP contribution in [-0.4, -0.2) is 39.4 Å². The van der Waals surface area contributed by atoms with Crippen LogP contribution in [0.4, 0.5) is 10.3 Å². The highest BCUT2D eigenvalue weighted by molar-refractivity contribution is 5.72. The van der Waals surface area contributed by atoms with Gasteiger partial charge >= 0.3 is 5.97 Å². The summed E-state index contributed by atoms with van der Waals surface area (Å²) in [6.07, 6.45) is 0. The molecule has 100 valence electrons. The lowest BCUT2D eigenvalue weighted by molar-refractivity contribution is -0.135. The largest absolute Gasteiger partial charge is 0.480 e. The molecule has 0 radical (unpaired) electrons. The molecule has 0 atom stereocenters. The number of benzene rings is 1. The van der Waals surface area contributed by atoms with Crippen LogP contribution in [0.25, 0.3) is 11.4 Å². The molecule has 0 aliphatic rings. The molecule has 2 aromatic rings. The first-order valence-electron chi connectivity index (χ1n) is 5.57. The van der Waals surface area contributed by atoms with E-state index in [2.05, 4.69) is 10.2 Å². The fourth-order valence-corrected chi connectivity index (χ4v) is 1.78. The fraction of sp³-hybridized carbons (Fsp3) is 0.250. The standard InChI is InChI=1S/C12H13FN4O2/c1-16(7-10(18)19)12-15-14-11(17(12)2)8-3-5-9(13)6-4-8/h3-6H,7H2,1-2H3,(H,18,19). The molecular formula is C12H13FN4O2. The minimum Gasteiger partial charge on any atom is -0.480 e. The number of aliphatic carboxylic acids is 1. The summed E-state index contributed by atoms with van der Waals surface area (Å²) in [4.78, 5) is 12.1. The van der Waals surface area contributed by atoms with E-state index >= 15 is 0 Å². The van der Waals surface area contributed by atoms with Gasteiger partial charge in [0.1, 0.15) is 12.4 Å². The Balaban J connectivity index is 2.32. The van der Waals surface area contributed by atoms with Gasteiger partial charge in [-0.2, -0.15) is 0 Å². The molecule has 1 aromatic carbocycles. The van der Waals surface area contributed by atoms with E-state index in [1.165, 1.54) is 17.0 Å². The van der Waals surface area contributed by atoms with E-state index in [9.17, 15) is 9.18 Å². The molecular weight excluding hydrogens is 251 g/mol. The van der Waals surface area contributed by atoms with E-state index in [4.69, 9.17) is 5.11 Å². The maximum Gasteiger partial charge on any atom is 0.323 e. The molecule has 1 aromatic heterocycles. The monoisotopic (exact) mass is 264 g/mol. The smallest absolute Gasteiger partial charge is 0.323 e. The third kappa shape index (κ3) is 2.70. The van der Waals surface area contributed by atoms with Crippen molar-refractivity contribution in [1.29, 1.82) is 0 Å². The highest BCUT2D eigenvalue weighted by Gasteiger charge is 2.15. The van der Waals surface area contributed by atoms with Gasteiger partial charge in [0.2, 0.25) is 5.95 Å². The third-order valence-electron chi connectivity index (χ3n) is 2.67. The first-order chi connectivity index (χ1) is 8.99. The second-order valence-corrected chi connectivity index (χ2v) is 4.14. The van der Waals surface area contributed by atoms with Crippen molar-refractivity contribution in [3.63, 3.8) is 0 Å². The third-order valence-corrected chi connectivity index (χ3v) is 2.67. The molecule has 0 unspecified atom stereocenters. The van der Waals surface area contributed by atoms with Crippen LogP contribution in [0.1, 0.15) is 0 Å². The molecule has 0 saturated carbocycles. The number of nitrogens with zero attached hydrogens (tertiary/aromatic N) is 4. The van der Waals surface area contributed by atoms with Crippen molar-refractivity contribution in [3.8, 4) is 11.4 Å². The Morgan fingerprint density at radius 1 is 1.37 bits per heavy atom. The number of carbonyl (C=O) groups is 1. The van der Waals surface area contributed by atoms with Gasteiger partial charge < -0.3 is 10.0 Å². The molecule has 0 aliphatic carbocycles. The summed E-state index contributed by atoms with van der Waals surface area (Å²) in [5.74, 6) is -0.295. The number of hydrogen-bond acceptors (Lipinski definition) is 4. The molecule has 0 fully saturated rings. The van der Waals surface area contributed by atoms with E-state index in [1.807, 2.05) is 0 Å². The molecule has 0 saturated heterocycles. The first-order valence-corrected chi connectivity index (χ1v) is 5.57. The van der Waals surface area contributed by atoms with Crippen LogP contribution in [0.5, 0.6) is 0 Å². The van der Waals surface area contributed by atoms with Crippen molar-refractivity contribution in [1.82, 2.24) is 14.8 Å². The summed E-state index contributed by atoms with van der Waals surface area (Å²) in [5.41, 5.74) is 0.714. The van der Waals surface area contributed by atoms with Crippen molar-refractivity contribution in [3.05, 3.63) is 30.1 Å². The molecule has 0 aliphatic heterocycles. The summed E-state index contributed by atoms with van der Waals surface area (Å²) in [5, 5.41) is 16.7. The minimum absolute atomic E-state index is 0.171. The second-order valence-electron chi connectivity index (χ2n) is 4.14. The van der Waals surface area contributed by atoms with Crippen LogP contribution >= 0.6 is 0 Å². The molecule has 7 heteroatoms. The van der Waals surface area contributed by atoms with Gasteiger partial charge in [0.05, 0.1) is 0 Å². The van der Waals surface area contributed by atoms with Gasteiger partial charge in [-0.15, -0.1) is 10.2 Å². The molecule has 19 heavy (non-hydrogen) atoms. The number of halogens is 1. The number of likely N-dealkylation sites (N-methyl/N-ethyl adjacent to an activating group) is 1. The Hall–Kier alpha value is -2.44. The first kappa shape index (κ1) is 13.0. The van der Waals surface area contributed by atoms with Crippen molar-refractivity contribution in [2.75, 3.05) is 18.5 Å². The zero-order valence-corrected chi connectivity index (χ0v) is 10.5. The van der Waals surface area contributed by atoms with E-state index in [-0.39, 0.29) is 12.4 Å². The summed E-state index contributed by atoms with van der Waals surface area (Å²) in [7, 11) is 3.35. The van der Waals surface area contributed by atoms with Gasteiger partial charge in [0.15, 0.2) is 5.82 Å². The molecule has 0 spiro atoms. The second kappa shape index (κ2) is 5.05. The maximum absolute atomic E-state index is 12.9. The van der Waals surface area contributed by atoms with E-state index in [0.717, 1.165) is 0 Å². The maximum atomic E-state index is 12.9. The summed E-state index contributed by atoms with van der Waals surface area (Å²) < 4.78 is 14.5. The van der Waals surface area contributed by atoms with Gasteiger partial charge in [0, 0.05) is 19.7 Å². The number of carboxylic acids is 1. The molecule has 2 rings (SSSR count). The van der Waals surface area contributed by atoms with Crippen molar-refractivity contribution in [2.24, 2.45) is 7.05 Å². The van der Waals surface area contributed by atoms with E-state index in [1.54, 1.807) is 30.8 Å². The van der Waals surface area contributed by atoms with Crippen LogP contribution in [0, 0.1) is 5.82 Å². The molecule has 1 N–H and O–H groups in total. The SMILES string of the molecule is CN(CC(=O)O)c1nnc(-c2ccc(F)cc2)n1C. The van der Waals surface area contributed by atoms with Crippen LogP contribution in [0.2, 0.25) is 0 Å². The highest BCUT2D eigenvalue weighted by Crippen LogP contribution is 2.20. The van der Waals surface area contributed by atoms with Crippen molar-refractivity contribution >= 4 is 11.9 Å². The van der Waals surface area contributed by atoms with Crippen LogP contribution < -0.4 is 4.90 Å². The Labute approximate surface area is 109 Å². The topological polar surface area (TPSA) is 71.2 Å². The van der Waals surface area contributed by atoms with E-state index in [0.29, 0.717) is 17.3 Å². The molecule has 6 nitrogen and oxygen atoms in total. The van der Waals surface area contributed by atoms with Crippen LogP contribution in [0.3, 0.4) is 0 Å². The number of carboxylic acid groups (broad SMARTS) is 1. The Kier molecular flexibility index (Phi) is 3.46. The van der Waals surface area contributed by atoms with Crippen molar-refractivity contribution in [2.45, 2.75) is 0 Å². The summed E-state index contributed by atoms with van der Waals surface area (Å²) in [6, 6.07) is 5.87. The summed E-state index contributed by atoms with van der Waals surface area (Å²) in [6.45, 7) is -0.171. The quantitative estimate of drug-likeness (QED) is 0.896. The predicted molar refractivity (Wildman–Crippen MR) is 67.3 cm³/mol. The number of rotatable bonds is 4. The Morgan fingerprint density at radius 2 is 2.00 bits per heavy atom. The lowest BCUT2D eigenvalue weighted by Crippen LogP contribution is -2.27. The minimum atomic E-state index is -0.950. The Morgan fingerprint density at radius 3 is 2.58 bits per heavy atom. The van der Waals surface area contributed by atoms with Gasteiger partial charge in [-0.25, -0.2) is 4.39 Å². The van der Waals surface area contributed by atoms with Crippen LogP contribution in [-0.2, 0) is 11.8 Å². The van der Waals surface area contributed by atoms with Gasteiger partial charge in [-0.3, -0.25) is 9.36 Å². The van der Waals surface area contributed by atoms with Gasteiger partial charge in [0.25, 0.3) is 0 Å². The number of aromatic nitrogens is 3. The normalized spacial score (nSPS) is 10.5. The molecule has 0 bridgehead atoms. The summed E-state index contributed by atoms with van der Waals surface area (Å²) >= 11 is 0. The highest BCUT2D eigenvalue weighted by atomic mass is 19.1. The van der Waals surface area contributed by atoms with Gasteiger partial charge in [-0.05, 0) is 24.3 Å². The fourth-order valence-electron chi connectivity index (χ4n) is 1.78. The number of anilines is 1. The lowest BCUT2D eigenvalue weighted by Gasteiger charge is -2.15. The average molecular weight is 264 g/mol. The van der Waals surface area contributed by atoms with Crippen LogP contribution in [0.15, 0.2) is 24.3 Å². The molecule has 1 heterocycles. The average Bonchev–Trinajstić information content (AvgIpc) is 2.71.